The normalized spacial score (nSPS) is 8.40. The van der Waals surface area contributed by atoms with Crippen molar-refractivity contribution in [3.05, 3.63) is 0 Å². The first kappa shape index (κ1) is 5.88. The van der Waals surface area contributed by atoms with Crippen molar-refractivity contribution in [1.82, 2.24) is 0 Å². The van der Waals surface area contributed by atoms with Gasteiger partial charge in [-0.15, -0.1) is 0 Å². The average molecular weight is 267 g/mol. The van der Waals surface area contributed by atoms with Crippen LogP contribution in [0.3, 0.4) is 0 Å². The van der Waals surface area contributed by atoms with Crippen LogP contribution in [0, 0.1) is 0 Å². The molecule has 0 atom stereocenters. The Hall–Kier alpha value is 0.883. The van der Waals surface area contributed by atoms with Crippen LogP contribution in [-0.2, 0) is 0 Å². The van der Waals surface area contributed by atoms with Gasteiger partial charge in [-0.2, -0.15) is 0 Å². The predicted octanol–water partition coefficient (Wildman–Crippen LogP) is 1.57. The van der Waals surface area contributed by atoms with Gasteiger partial charge in [0.05, 0.1) is 0 Å². The van der Waals surface area contributed by atoms with Gasteiger partial charge in [0.25, 0.3) is 0 Å². The summed E-state index contributed by atoms with van der Waals surface area (Å²) in [6.07, 6.45) is 0. The van der Waals surface area contributed by atoms with Crippen LogP contribution in [-0.4, -0.2) is 23.2 Å². The zero-order chi connectivity index (χ0) is 4.12. The Kier molecular flexibility index (Phi) is 5.75. The summed E-state index contributed by atoms with van der Waals surface area (Å²) >= 11 is 0.145. The van der Waals surface area contributed by atoms with E-state index < -0.39 is 0 Å². The molecule has 5 heavy (non-hydrogen) atoms. The maximum absolute atomic E-state index is 2.29. The molecule has 0 unspecified atom stereocenters. The van der Waals surface area contributed by atoms with Gasteiger partial charge in [-0.3, -0.25) is 0 Å². The molecule has 0 aromatic carbocycles. The van der Waals surface area contributed by atoms with E-state index in [1.54, 1.807) is 0 Å². The molecule has 0 N–H and O–H groups in total. The third-order valence-corrected chi connectivity index (χ3v) is 3.92. The van der Waals surface area contributed by atoms with Gasteiger partial charge in [0.1, 0.15) is 0 Å². The van der Waals surface area contributed by atoms with Crippen molar-refractivity contribution in [3.8, 4) is 0 Å². The molecule has 0 fully saturated rings. The Morgan fingerprint density at radius 3 is 1.60 bits per heavy atom. The van der Waals surface area contributed by atoms with E-state index in [0.29, 0.717) is 0 Å². The Balaban J connectivity index is 2.19. The SMILES string of the molecule is C[CH2][Bi+][CH2]C. The minimum absolute atomic E-state index is 0.145. The van der Waals surface area contributed by atoms with Crippen LogP contribution in [0.25, 0.3) is 0 Å². The molecule has 0 spiro atoms. The van der Waals surface area contributed by atoms with Crippen molar-refractivity contribution < 1.29 is 0 Å². The van der Waals surface area contributed by atoms with Crippen molar-refractivity contribution in [2.24, 2.45) is 0 Å². The molecule has 0 aromatic heterocycles. The molecule has 0 heterocycles. The van der Waals surface area contributed by atoms with E-state index in [1.807, 2.05) is 0 Å². The van der Waals surface area contributed by atoms with Gasteiger partial charge < -0.3 is 0 Å². The summed E-state index contributed by atoms with van der Waals surface area (Å²) in [4.78, 5) is 0. The van der Waals surface area contributed by atoms with Gasteiger partial charge in [-0.1, -0.05) is 0 Å². The van der Waals surface area contributed by atoms with Crippen molar-refractivity contribution in [3.63, 3.8) is 0 Å². The van der Waals surface area contributed by atoms with Gasteiger partial charge in [-0.05, 0) is 0 Å². The molecular formula is C4H10Bi+. The molecule has 0 rings (SSSR count). The van der Waals surface area contributed by atoms with Gasteiger partial charge in [0.15, 0.2) is 0 Å². The Morgan fingerprint density at radius 2 is 1.60 bits per heavy atom. The summed E-state index contributed by atoms with van der Waals surface area (Å²) in [5, 5.41) is 0. The van der Waals surface area contributed by atoms with E-state index in [-0.39, 0.29) is 23.2 Å². The van der Waals surface area contributed by atoms with Crippen LogP contribution in [0.4, 0.5) is 0 Å². The molecule has 0 aliphatic heterocycles. The van der Waals surface area contributed by atoms with E-state index in [0.717, 1.165) is 0 Å². The Morgan fingerprint density at radius 1 is 1.20 bits per heavy atom. The second kappa shape index (κ2) is 4.88. The predicted molar refractivity (Wildman–Crippen MR) is 26.7 cm³/mol. The molecule has 0 bridgehead atoms. The minimum atomic E-state index is 0.145. The van der Waals surface area contributed by atoms with E-state index in [2.05, 4.69) is 13.8 Å². The van der Waals surface area contributed by atoms with E-state index in [9.17, 15) is 0 Å². The third-order valence-electron chi connectivity index (χ3n) is 0.447. The number of hydrogen-bond acceptors (Lipinski definition) is 0. The fourth-order valence-corrected chi connectivity index (χ4v) is 1.96. The second-order valence-electron chi connectivity index (χ2n) is 0.856. The first-order valence-electron chi connectivity index (χ1n) is 2.05. The molecule has 0 aliphatic carbocycles. The number of hydrogen-bond donors (Lipinski definition) is 0. The first-order chi connectivity index (χ1) is 2.41. The van der Waals surface area contributed by atoms with Crippen LogP contribution in [0.1, 0.15) is 13.8 Å². The van der Waals surface area contributed by atoms with Crippen molar-refractivity contribution in [1.29, 1.82) is 0 Å². The quantitative estimate of drug-likeness (QED) is 0.666. The number of rotatable bonds is 2. The van der Waals surface area contributed by atoms with Crippen LogP contribution in [0.5, 0.6) is 0 Å². The fourth-order valence-electron chi connectivity index (χ4n) is 0.224. The molecule has 0 nitrogen and oxygen atoms in total. The summed E-state index contributed by atoms with van der Waals surface area (Å²) < 4.78 is 3.05. The monoisotopic (exact) mass is 267 g/mol. The summed E-state index contributed by atoms with van der Waals surface area (Å²) in [6.45, 7) is 4.58. The maximum atomic E-state index is 2.29. The summed E-state index contributed by atoms with van der Waals surface area (Å²) in [6, 6.07) is 0. The third kappa shape index (κ3) is 4.88. The zero-order valence-corrected chi connectivity index (χ0v) is 7.34. The Labute approximate surface area is 45.5 Å². The average Bonchev–Trinajstić information content (AvgIpc) is 1.41. The van der Waals surface area contributed by atoms with Gasteiger partial charge in [-0.25, -0.2) is 0 Å². The summed E-state index contributed by atoms with van der Waals surface area (Å²) in [5.41, 5.74) is 0. The summed E-state index contributed by atoms with van der Waals surface area (Å²) in [5.74, 6) is 0. The fraction of sp³-hybridized carbons (Fsp3) is 1.00. The zero-order valence-electron chi connectivity index (χ0n) is 3.86. The van der Waals surface area contributed by atoms with Gasteiger partial charge >= 0.3 is 45.3 Å². The first-order valence-corrected chi connectivity index (χ1v) is 6.96. The summed E-state index contributed by atoms with van der Waals surface area (Å²) in [7, 11) is 0. The molecule has 30 valence electrons. The molecule has 0 amide bonds. The van der Waals surface area contributed by atoms with Crippen LogP contribution >= 0.6 is 0 Å². The molecular weight excluding hydrogens is 257 g/mol. The molecule has 0 saturated heterocycles. The molecule has 1 heteroatoms. The van der Waals surface area contributed by atoms with Crippen LogP contribution in [0.2, 0.25) is 8.26 Å². The Bertz CT molecular complexity index is 11.1. The standard InChI is InChI=1S/2C2H5.Bi/c2*1-2;/h2*1H2,2H3;/q;;+1. The van der Waals surface area contributed by atoms with Gasteiger partial charge in [0, 0.05) is 0 Å². The van der Waals surface area contributed by atoms with Crippen molar-refractivity contribution >= 4 is 23.2 Å². The van der Waals surface area contributed by atoms with E-state index >= 15 is 0 Å². The molecule has 0 aliphatic rings. The molecule has 0 aromatic rings. The topological polar surface area (TPSA) is 0 Å². The van der Waals surface area contributed by atoms with E-state index in [1.165, 1.54) is 8.26 Å². The van der Waals surface area contributed by atoms with Crippen LogP contribution < -0.4 is 0 Å². The second-order valence-corrected chi connectivity index (χ2v) is 7.51. The van der Waals surface area contributed by atoms with Crippen molar-refractivity contribution in [2.75, 3.05) is 0 Å². The molecule has 2 radical (unpaired) electrons. The van der Waals surface area contributed by atoms with Crippen molar-refractivity contribution in [2.45, 2.75) is 22.1 Å². The van der Waals surface area contributed by atoms with E-state index in [4.69, 9.17) is 0 Å². The van der Waals surface area contributed by atoms with Gasteiger partial charge in [0.2, 0.25) is 0 Å². The molecule has 0 saturated carbocycles. The van der Waals surface area contributed by atoms with Crippen LogP contribution in [0.15, 0.2) is 0 Å².